The first-order valence-electron chi connectivity index (χ1n) is 4.35. The normalized spacial score (nSPS) is 10.3. The van der Waals surface area contributed by atoms with E-state index >= 15 is 0 Å². The lowest BCUT2D eigenvalue weighted by molar-refractivity contribution is 0.450. The summed E-state index contributed by atoms with van der Waals surface area (Å²) in [6, 6.07) is 3.24. The molecule has 0 heterocycles. The Morgan fingerprint density at radius 3 is 2.54 bits per heavy atom. The standard InChI is InChI=1S/C10H13IO2/c1-2-3-4-7-5-10(13)8(11)6-9(7)12/h5-6,12-13H,2-4H2,1H3. The molecule has 0 bridgehead atoms. The fourth-order valence-electron chi connectivity index (χ4n) is 1.16. The van der Waals surface area contributed by atoms with E-state index in [0.29, 0.717) is 3.57 Å². The predicted octanol–water partition coefficient (Wildman–Crippen LogP) is 3.05. The first-order valence-corrected chi connectivity index (χ1v) is 5.43. The molecule has 0 atom stereocenters. The molecule has 1 rings (SSSR count). The quantitative estimate of drug-likeness (QED) is 0.664. The Morgan fingerprint density at radius 1 is 1.23 bits per heavy atom. The molecule has 13 heavy (non-hydrogen) atoms. The molecule has 2 N–H and O–H groups in total. The second-order valence-electron chi connectivity index (χ2n) is 3.04. The van der Waals surface area contributed by atoms with Gasteiger partial charge in [0.05, 0.1) is 3.57 Å². The van der Waals surface area contributed by atoms with Gasteiger partial charge in [0.15, 0.2) is 0 Å². The third-order valence-corrected chi connectivity index (χ3v) is 2.81. The van der Waals surface area contributed by atoms with Crippen molar-refractivity contribution >= 4 is 22.6 Å². The third kappa shape index (κ3) is 2.76. The molecule has 0 spiro atoms. The van der Waals surface area contributed by atoms with Crippen LogP contribution in [0.1, 0.15) is 25.3 Å². The maximum atomic E-state index is 9.53. The van der Waals surface area contributed by atoms with Crippen molar-refractivity contribution < 1.29 is 10.2 Å². The van der Waals surface area contributed by atoms with Crippen molar-refractivity contribution in [3.05, 3.63) is 21.3 Å². The Kier molecular flexibility index (Phi) is 3.84. The van der Waals surface area contributed by atoms with E-state index in [2.05, 4.69) is 6.92 Å². The molecule has 0 saturated heterocycles. The molecule has 0 aromatic heterocycles. The molecular formula is C10H13IO2. The highest BCUT2D eigenvalue weighted by Crippen LogP contribution is 2.29. The summed E-state index contributed by atoms with van der Waals surface area (Å²) in [5.41, 5.74) is 0.833. The lowest BCUT2D eigenvalue weighted by Crippen LogP contribution is -1.87. The van der Waals surface area contributed by atoms with Crippen LogP contribution in [0.25, 0.3) is 0 Å². The number of benzene rings is 1. The first-order chi connectivity index (χ1) is 6.15. The Balaban J connectivity index is 2.88. The SMILES string of the molecule is CCCCc1cc(O)c(I)cc1O. The second kappa shape index (κ2) is 4.69. The van der Waals surface area contributed by atoms with Gasteiger partial charge in [0.2, 0.25) is 0 Å². The Bertz CT molecular complexity index is 297. The summed E-state index contributed by atoms with van der Waals surface area (Å²) in [6.07, 6.45) is 2.95. The largest absolute Gasteiger partial charge is 0.508 e. The Morgan fingerprint density at radius 2 is 1.92 bits per heavy atom. The van der Waals surface area contributed by atoms with E-state index < -0.39 is 0 Å². The maximum absolute atomic E-state index is 9.53. The summed E-state index contributed by atoms with van der Waals surface area (Å²) >= 11 is 1.99. The molecule has 2 nitrogen and oxygen atoms in total. The van der Waals surface area contributed by atoms with Gasteiger partial charge in [0, 0.05) is 0 Å². The zero-order valence-electron chi connectivity index (χ0n) is 7.55. The first kappa shape index (κ1) is 10.6. The van der Waals surface area contributed by atoms with Gasteiger partial charge >= 0.3 is 0 Å². The zero-order valence-corrected chi connectivity index (χ0v) is 9.71. The van der Waals surface area contributed by atoms with Crippen LogP contribution in [-0.2, 0) is 6.42 Å². The van der Waals surface area contributed by atoms with Gasteiger partial charge in [-0.05, 0) is 53.1 Å². The second-order valence-corrected chi connectivity index (χ2v) is 4.20. The van der Waals surface area contributed by atoms with Crippen molar-refractivity contribution in [1.29, 1.82) is 0 Å². The minimum atomic E-state index is 0.254. The van der Waals surface area contributed by atoms with Crippen molar-refractivity contribution in [3.8, 4) is 11.5 Å². The zero-order chi connectivity index (χ0) is 9.84. The van der Waals surface area contributed by atoms with Crippen LogP contribution in [0.2, 0.25) is 0 Å². The summed E-state index contributed by atoms with van der Waals surface area (Å²) in [4.78, 5) is 0. The van der Waals surface area contributed by atoms with Crippen molar-refractivity contribution in [2.45, 2.75) is 26.2 Å². The summed E-state index contributed by atoms with van der Waals surface area (Å²) in [5.74, 6) is 0.542. The van der Waals surface area contributed by atoms with Crippen LogP contribution in [0.3, 0.4) is 0 Å². The molecule has 72 valence electrons. The third-order valence-electron chi connectivity index (χ3n) is 1.95. The molecule has 0 fully saturated rings. The Hall–Kier alpha value is -0.450. The number of phenols is 2. The number of phenolic OH excluding ortho intramolecular Hbond substituents is 2. The molecule has 0 aliphatic rings. The minimum absolute atomic E-state index is 0.254. The van der Waals surface area contributed by atoms with E-state index in [1.807, 2.05) is 22.6 Å². The van der Waals surface area contributed by atoms with Crippen LogP contribution < -0.4 is 0 Å². The molecule has 1 aromatic rings. The summed E-state index contributed by atoms with van der Waals surface area (Å²) < 4.78 is 0.690. The maximum Gasteiger partial charge on any atom is 0.129 e. The van der Waals surface area contributed by atoms with Gasteiger partial charge in [-0.15, -0.1) is 0 Å². The highest BCUT2D eigenvalue weighted by atomic mass is 127. The highest BCUT2D eigenvalue weighted by Gasteiger charge is 2.05. The van der Waals surface area contributed by atoms with Crippen LogP contribution in [0.4, 0.5) is 0 Å². The van der Waals surface area contributed by atoms with Crippen LogP contribution in [0, 0.1) is 3.57 Å². The molecular weight excluding hydrogens is 279 g/mol. The number of hydrogen-bond donors (Lipinski definition) is 2. The van der Waals surface area contributed by atoms with Crippen LogP contribution in [-0.4, -0.2) is 10.2 Å². The predicted molar refractivity (Wildman–Crippen MR) is 61.1 cm³/mol. The lowest BCUT2D eigenvalue weighted by atomic mass is 10.1. The molecule has 3 heteroatoms. The van der Waals surface area contributed by atoms with E-state index in [0.717, 1.165) is 24.8 Å². The van der Waals surface area contributed by atoms with Crippen molar-refractivity contribution in [3.63, 3.8) is 0 Å². The molecule has 1 aromatic carbocycles. The number of aryl methyl sites for hydroxylation is 1. The van der Waals surface area contributed by atoms with Gasteiger partial charge in [0.25, 0.3) is 0 Å². The number of unbranched alkanes of at least 4 members (excludes halogenated alkanes) is 1. The molecule has 0 aliphatic heterocycles. The minimum Gasteiger partial charge on any atom is -0.508 e. The van der Waals surface area contributed by atoms with Gasteiger partial charge in [-0.2, -0.15) is 0 Å². The topological polar surface area (TPSA) is 40.5 Å². The fourth-order valence-corrected chi connectivity index (χ4v) is 1.61. The highest BCUT2D eigenvalue weighted by molar-refractivity contribution is 14.1. The molecule has 0 unspecified atom stereocenters. The van der Waals surface area contributed by atoms with Crippen molar-refractivity contribution in [2.24, 2.45) is 0 Å². The average Bonchev–Trinajstić information content (AvgIpc) is 2.09. The smallest absolute Gasteiger partial charge is 0.129 e. The van der Waals surface area contributed by atoms with E-state index in [9.17, 15) is 10.2 Å². The van der Waals surface area contributed by atoms with Crippen LogP contribution in [0.5, 0.6) is 11.5 Å². The van der Waals surface area contributed by atoms with Crippen LogP contribution >= 0.6 is 22.6 Å². The molecule has 0 amide bonds. The number of rotatable bonds is 3. The Labute approximate surface area is 91.7 Å². The van der Waals surface area contributed by atoms with Crippen molar-refractivity contribution in [1.82, 2.24) is 0 Å². The van der Waals surface area contributed by atoms with E-state index in [4.69, 9.17) is 0 Å². The molecule has 0 radical (unpaired) electrons. The van der Waals surface area contributed by atoms with Gasteiger partial charge in [-0.25, -0.2) is 0 Å². The molecule has 0 saturated carbocycles. The van der Waals surface area contributed by atoms with Gasteiger partial charge in [-0.1, -0.05) is 13.3 Å². The fraction of sp³-hybridized carbons (Fsp3) is 0.400. The summed E-state index contributed by atoms with van der Waals surface area (Å²) in [7, 11) is 0. The van der Waals surface area contributed by atoms with Gasteiger partial charge in [0.1, 0.15) is 11.5 Å². The van der Waals surface area contributed by atoms with E-state index in [1.54, 1.807) is 12.1 Å². The number of halogens is 1. The summed E-state index contributed by atoms with van der Waals surface area (Å²) in [6.45, 7) is 2.10. The van der Waals surface area contributed by atoms with Crippen LogP contribution in [0.15, 0.2) is 12.1 Å². The van der Waals surface area contributed by atoms with Gasteiger partial charge < -0.3 is 10.2 Å². The average molecular weight is 292 g/mol. The van der Waals surface area contributed by atoms with E-state index in [1.165, 1.54) is 0 Å². The van der Waals surface area contributed by atoms with Gasteiger partial charge in [-0.3, -0.25) is 0 Å². The summed E-state index contributed by atoms with van der Waals surface area (Å²) in [5, 5.41) is 18.9. The lowest BCUT2D eigenvalue weighted by Gasteiger charge is -2.05. The monoisotopic (exact) mass is 292 g/mol. The molecule has 0 aliphatic carbocycles. The number of aromatic hydroxyl groups is 2. The van der Waals surface area contributed by atoms with E-state index in [-0.39, 0.29) is 11.5 Å². The number of hydrogen-bond acceptors (Lipinski definition) is 2. The van der Waals surface area contributed by atoms with Crippen molar-refractivity contribution in [2.75, 3.05) is 0 Å².